The SMILES string of the molecule is COc1ccc(C2CC(c3ccccc3)=NN2C(=O)CCC(=O)NCCC(C)C)cc1. The van der Waals surface area contributed by atoms with Crippen molar-refractivity contribution in [2.75, 3.05) is 13.7 Å². The van der Waals surface area contributed by atoms with Gasteiger partial charge in [0.25, 0.3) is 0 Å². The minimum absolute atomic E-state index is 0.0959. The Balaban J connectivity index is 1.71. The van der Waals surface area contributed by atoms with E-state index in [-0.39, 0.29) is 30.7 Å². The number of hydrazone groups is 1. The molecule has 2 amide bonds. The van der Waals surface area contributed by atoms with Gasteiger partial charge in [-0.05, 0) is 35.6 Å². The Hall–Kier alpha value is -3.15. The molecule has 2 aromatic carbocycles. The molecule has 0 spiro atoms. The van der Waals surface area contributed by atoms with E-state index in [1.54, 1.807) is 12.1 Å². The summed E-state index contributed by atoms with van der Waals surface area (Å²) in [6, 6.07) is 17.4. The fraction of sp³-hybridized carbons (Fsp3) is 0.400. The Labute approximate surface area is 184 Å². The van der Waals surface area contributed by atoms with Gasteiger partial charge in [-0.15, -0.1) is 0 Å². The van der Waals surface area contributed by atoms with Crippen molar-refractivity contribution in [3.63, 3.8) is 0 Å². The van der Waals surface area contributed by atoms with E-state index in [9.17, 15) is 9.59 Å². The first-order chi connectivity index (χ1) is 15.0. The predicted molar refractivity (Wildman–Crippen MR) is 122 cm³/mol. The molecule has 3 rings (SSSR count). The molecule has 0 saturated heterocycles. The third-order valence-corrected chi connectivity index (χ3v) is 5.38. The number of hydrogen-bond acceptors (Lipinski definition) is 4. The molecule has 1 aliphatic heterocycles. The average molecular weight is 422 g/mol. The summed E-state index contributed by atoms with van der Waals surface area (Å²) in [6.45, 7) is 4.87. The van der Waals surface area contributed by atoms with Crippen LogP contribution in [0.15, 0.2) is 59.7 Å². The Morgan fingerprint density at radius 1 is 1.10 bits per heavy atom. The number of hydrogen-bond donors (Lipinski definition) is 1. The normalized spacial score (nSPS) is 15.7. The zero-order chi connectivity index (χ0) is 22.2. The molecule has 31 heavy (non-hydrogen) atoms. The number of rotatable bonds is 9. The van der Waals surface area contributed by atoms with E-state index in [0.29, 0.717) is 18.9 Å². The van der Waals surface area contributed by atoms with Crippen LogP contribution in [-0.4, -0.2) is 36.2 Å². The van der Waals surface area contributed by atoms with E-state index in [2.05, 4.69) is 24.3 Å². The lowest BCUT2D eigenvalue weighted by molar-refractivity contribution is -0.135. The Bertz CT molecular complexity index is 907. The second-order valence-corrected chi connectivity index (χ2v) is 8.18. The van der Waals surface area contributed by atoms with Crippen LogP contribution in [0.2, 0.25) is 0 Å². The molecule has 1 heterocycles. The van der Waals surface area contributed by atoms with Gasteiger partial charge < -0.3 is 10.1 Å². The summed E-state index contributed by atoms with van der Waals surface area (Å²) in [5.74, 6) is 1.05. The summed E-state index contributed by atoms with van der Waals surface area (Å²) in [5, 5.41) is 9.10. The topological polar surface area (TPSA) is 71.0 Å². The van der Waals surface area contributed by atoms with Crippen LogP contribution in [0.3, 0.4) is 0 Å². The molecule has 164 valence electrons. The van der Waals surface area contributed by atoms with E-state index in [1.807, 2.05) is 54.6 Å². The van der Waals surface area contributed by atoms with E-state index in [1.165, 1.54) is 0 Å². The third-order valence-electron chi connectivity index (χ3n) is 5.38. The summed E-state index contributed by atoms with van der Waals surface area (Å²) in [7, 11) is 1.63. The fourth-order valence-electron chi connectivity index (χ4n) is 3.55. The molecule has 0 bridgehead atoms. The Kier molecular flexibility index (Phi) is 7.82. The molecule has 2 aromatic rings. The van der Waals surface area contributed by atoms with Crippen molar-refractivity contribution in [1.82, 2.24) is 10.3 Å². The van der Waals surface area contributed by atoms with Gasteiger partial charge in [-0.3, -0.25) is 9.59 Å². The number of carbonyl (C=O) groups excluding carboxylic acids is 2. The maximum atomic E-state index is 13.0. The van der Waals surface area contributed by atoms with Crippen LogP contribution in [0.5, 0.6) is 5.75 Å². The molecule has 0 radical (unpaired) electrons. The van der Waals surface area contributed by atoms with Crippen molar-refractivity contribution in [2.45, 2.75) is 45.6 Å². The number of ether oxygens (including phenoxy) is 1. The number of methoxy groups -OCH3 is 1. The molecule has 1 N–H and O–H groups in total. The van der Waals surface area contributed by atoms with Gasteiger partial charge in [0.15, 0.2) is 0 Å². The largest absolute Gasteiger partial charge is 0.497 e. The van der Waals surface area contributed by atoms with E-state index >= 15 is 0 Å². The molecule has 0 fully saturated rings. The van der Waals surface area contributed by atoms with Crippen molar-refractivity contribution < 1.29 is 14.3 Å². The standard InChI is InChI=1S/C25H31N3O3/c1-18(2)15-16-26-24(29)13-14-25(30)28-23(20-9-11-21(31-3)12-10-20)17-22(27-28)19-7-5-4-6-8-19/h4-12,18,23H,13-17H2,1-3H3,(H,26,29). The van der Waals surface area contributed by atoms with E-state index in [0.717, 1.165) is 29.0 Å². The first-order valence-corrected chi connectivity index (χ1v) is 10.8. The first kappa shape index (κ1) is 22.5. The molecule has 1 aliphatic rings. The lowest BCUT2D eigenvalue weighted by atomic mass is 9.98. The van der Waals surface area contributed by atoms with Crippen LogP contribution in [0, 0.1) is 5.92 Å². The highest BCUT2D eigenvalue weighted by atomic mass is 16.5. The van der Waals surface area contributed by atoms with Crippen LogP contribution in [-0.2, 0) is 9.59 Å². The molecular formula is C25H31N3O3. The summed E-state index contributed by atoms with van der Waals surface area (Å²) in [6.07, 6.45) is 1.85. The number of nitrogens with zero attached hydrogens (tertiary/aromatic N) is 2. The van der Waals surface area contributed by atoms with Gasteiger partial charge in [0, 0.05) is 25.8 Å². The van der Waals surface area contributed by atoms with E-state index in [4.69, 9.17) is 4.74 Å². The van der Waals surface area contributed by atoms with Crippen molar-refractivity contribution in [2.24, 2.45) is 11.0 Å². The maximum Gasteiger partial charge on any atom is 0.243 e. The molecule has 6 nitrogen and oxygen atoms in total. The lowest BCUT2D eigenvalue weighted by Gasteiger charge is -2.22. The fourth-order valence-corrected chi connectivity index (χ4v) is 3.55. The van der Waals surface area contributed by atoms with Crippen molar-refractivity contribution in [1.29, 1.82) is 0 Å². The van der Waals surface area contributed by atoms with Crippen molar-refractivity contribution in [3.8, 4) is 5.75 Å². The first-order valence-electron chi connectivity index (χ1n) is 10.8. The highest BCUT2D eigenvalue weighted by Gasteiger charge is 2.33. The van der Waals surface area contributed by atoms with Gasteiger partial charge in [0.2, 0.25) is 11.8 Å². The summed E-state index contributed by atoms with van der Waals surface area (Å²) >= 11 is 0. The molecular weight excluding hydrogens is 390 g/mol. The number of carbonyl (C=O) groups is 2. The second kappa shape index (κ2) is 10.8. The number of nitrogens with one attached hydrogen (secondary N) is 1. The van der Waals surface area contributed by atoms with Gasteiger partial charge in [-0.1, -0.05) is 56.3 Å². The summed E-state index contributed by atoms with van der Waals surface area (Å²) in [4.78, 5) is 25.1. The van der Waals surface area contributed by atoms with Gasteiger partial charge in [0.05, 0.1) is 18.9 Å². The Morgan fingerprint density at radius 2 is 1.81 bits per heavy atom. The number of benzene rings is 2. The molecule has 0 aliphatic carbocycles. The van der Waals surface area contributed by atoms with Crippen LogP contribution in [0.25, 0.3) is 0 Å². The quantitative estimate of drug-likeness (QED) is 0.656. The van der Waals surface area contributed by atoms with Crippen LogP contribution in [0.4, 0.5) is 0 Å². The van der Waals surface area contributed by atoms with Crippen molar-refractivity contribution >= 4 is 17.5 Å². The number of amides is 2. The van der Waals surface area contributed by atoms with Gasteiger partial charge in [0.1, 0.15) is 5.75 Å². The molecule has 1 atom stereocenters. The minimum atomic E-state index is -0.197. The third kappa shape index (κ3) is 6.17. The highest BCUT2D eigenvalue weighted by molar-refractivity contribution is 6.03. The van der Waals surface area contributed by atoms with Crippen LogP contribution < -0.4 is 10.1 Å². The highest BCUT2D eigenvalue weighted by Crippen LogP contribution is 2.34. The lowest BCUT2D eigenvalue weighted by Crippen LogP contribution is -2.30. The molecule has 1 unspecified atom stereocenters. The van der Waals surface area contributed by atoms with Gasteiger partial charge in [-0.25, -0.2) is 5.01 Å². The molecule has 6 heteroatoms. The monoisotopic (exact) mass is 421 g/mol. The second-order valence-electron chi connectivity index (χ2n) is 8.18. The summed E-state index contributed by atoms with van der Waals surface area (Å²) in [5.41, 5.74) is 2.86. The molecule has 0 aromatic heterocycles. The zero-order valence-corrected chi connectivity index (χ0v) is 18.5. The zero-order valence-electron chi connectivity index (χ0n) is 18.5. The van der Waals surface area contributed by atoms with Crippen LogP contribution in [0.1, 0.15) is 56.7 Å². The smallest absolute Gasteiger partial charge is 0.243 e. The maximum absolute atomic E-state index is 13.0. The van der Waals surface area contributed by atoms with Crippen molar-refractivity contribution in [3.05, 3.63) is 65.7 Å². The predicted octanol–water partition coefficient (Wildman–Crippen LogP) is 4.32. The Morgan fingerprint density at radius 3 is 2.45 bits per heavy atom. The minimum Gasteiger partial charge on any atom is -0.497 e. The van der Waals surface area contributed by atoms with Crippen LogP contribution >= 0.6 is 0 Å². The average Bonchev–Trinajstić information content (AvgIpc) is 3.23. The van der Waals surface area contributed by atoms with Gasteiger partial charge >= 0.3 is 0 Å². The molecule has 0 saturated carbocycles. The van der Waals surface area contributed by atoms with Gasteiger partial charge in [-0.2, -0.15) is 5.10 Å². The summed E-state index contributed by atoms with van der Waals surface area (Å²) < 4.78 is 5.25. The van der Waals surface area contributed by atoms with E-state index < -0.39 is 0 Å².